The molecule has 3 rings (SSSR count). The summed E-state index contributed by atoms with van der Waals surface area (Å²) in [4.78, 5) is 16.7. The van der Waals surface area contributed by atoms with Gasteiger partial charge in [0, 0.05) is 17.7 Å². The molecule has 0 aliphatic heterocycles. The molecule has 1 N–H and O–H groups in total. The molecule has 0 saturated carbocycles. The summed E-state index contributed by atoms with van der Waals surface area (Å²) in [6.45, 7) is 0. The summed E-state index contributed by atoms with van der Waals surface area (Å²) in [5.74, 6) is 0.507. The SMILES string of the molecule is COc1cccc2sc(NC(=O)c3cc(Br)cn3C)nc12. The normalized spacial score (nSPS) is 10.8. The number of thiazole rings is 1. The smallest absolute Gasteiger partial charge is 0.274 e. The van der Waals surface area contributed by atoms with Gasteiger partial charge < -0.3 is 9.30 Å². The number of rotatable bonds is 3. The second kappa shape index (κ2) is 5.50. The van der Waals surface area contributed by atoms with Crippen molar-refractivity contribution < 1.29 is 9.53 Å². The fourth-order valence-electron chi connectivity index (χ4n) is 2.05. The van der Waals surface area contributed by atoms with E-state index in [9.17, 15) is 4.79 Å². The van der Waals surface area contributed by atoms with Crippen LogP contribution in [0.1, 0.15) is 10.5 Å². The Morgan fingerprint density at radius 2 is 2.29 bits per heavy atom. The lowest BCUT2D eigenvalue weighted by atomic mass is 10.3. The third-order valence-electron chi connectivity index (χ3n) is 3.03. The van der Waals surface area contributed by atoms with E-state index in [4.69, 9.17) is 4.74 Å². The number of carbonyl (C=O) groups excluding carboxylic acids is 1. The Balaban J connectivity index is 1.91. The number of amides is 1. The molecule has 1 aromatic carbocycles. The molecule has 3 aromatic rings. The first-order chi connectivity index (χ1) is 10.1. The molecule has 0 bridgehead atoms. The average molecular weight is 366 g/mol. The van der Waals surface area contributed by atoms with Crippen LogP contribution >= 0.6 is 27.3 Å². The predicted octanol–water partition coefficient (Wildman–Crippen LogP) is 3.66. The Morgan fingerprint density at radius 1 is 1.48 bits per heavy atom. The number of hydrogen-bond acceptors (Lipinski definition) is 4. The number of halogens is 1. The fraction of sp³-hybridized carbons (Fsp3) is 0.143. The molecule has 0 fully saturated rings. The molecular weight excluding hydrogens is 354 g/mol. The molecule has 2 aromatic heterocycles. The van der Waals surface area contributed by atoms with E-state index >= 15 is 0 Å². The third kappa shape index (κ3) is 2.66. The van der Waals surface area contributed by atoms with Crippen LogP contribution in [0.4, 0.5) is 5.13 Å². The highest BCUT2D eigenvalue weighted by molar-refractivity contribution is 9.10. The van der Waals surface area contributed by atoms with E-state index in [-0.39, 0.29) is 5.91 Å². The quantitative estimate of drug-likeness (QED) is 0.770. The van der Waals surface area contributed by atoms with E-state index in [2.05, 4.69) is 26.2 Å². The van der Waals surface area contributed by atoms with Crippen LogP contribution in [-0.2, 0) is 7.05 Å². The highest BCUT2D eigenvalue weighted by atomic mass is 79.9. The Kier molecular flexibility index (Phi) is 3.69. The van der Waals surface area contributed by atoms with Crippen molar-refractivity contribution >= 4 is 48.5 Å². The van der Waals surface area contributed by atoms with Crippen LogP contribution in [0.3, 0.4) is 0 Å². The number of anilines is 1. The van der Waals surface area contributed by atoms with Crippen LogP contribution in [0, 0.1) is 0 Å². The number of ether oxygens (including phenoxy) is 1. The van der Waals surface area contributed by atoms with E-state index in [1.54, 1.807) is 17.7 Å². The van der Waals surface area contributed by atoms with Gasteiger partial charge in [-0.15, -0.1) is 0 Å². The summed E-state index contributed by atoms with van der Waals surface area (Å²) in [6, 6.07) is 7.47. The Bertz CT molecular complexity index is 825. The number of aryl methyl sites for hydroxylation is 1. The first kappa shape index (κ1) is 14.1. The van der Waals surface area contributed by atoms with E-state index in [1.807, 2.05) is 31.4 Å². The molecule has 0 aliphatic carbocycles. The van der Waals surface area contributed by atoms with Gasteiger partial charge in [0.2, 0.25) is 0 Å². The molecule has 0 spiro atoms. The number of methoxy groups -OCH3 is 1. The molecule has 0 radical (unpaired) electrons. The molecule has 0 atom stereocenters. The number of para-hydroxylation sites is 1. The molecule has 5 nitrogen and oxygen atoms in total. The molecule has 108 valence electrons. The molecule has 0 aliphatic rings. The second-order valence-electron chi connectivity index (χ2n) is 4.43. The molecule has 0 unspecified atom stereocenters. The molecular formula is C14H12BrN3O2S. The van der Waals surface area contributed by atoms with Gasteiger partial charge in [-0.05, 0) is 34.1 Å². The van der Waals surface area contributed by atoms with Gasteiger partial charge in [-0.3, -0.25) is 10.1 Å². The number of benzene rings is 1. The second-order valence-corrected chi connectivity index (χ2v) is 6.38. The predicted molar refractivity (Wildman–Crippen MR) is 87.2 cm³/mol. The monoisotopic (exact) mass is 365 g/mol. The van der Waals surface area contributed by atoms with Crippen LogP contribution in [0.5, 0.6) is 5.75 Å². The number of fused-ring (bicyclic) bond motifs is 1. The van der Waals surface area contributed by atoms with Crippen LogP contribution in [0.15, 0.2) is 34.9 Å². The molecule has 0 saturated heterocycles. The van der Waals surface area contributed by atoms with Crippen molar-refractivity contribution in [2.45, 2.75) is 0 Å². The van der Waals surface area contributed by atoms with Crippen LogP contribution in [0.2, 0.25) is 0 Å². The van der Waals surface area contributed by atoms with Gasteiger partial charge in [0.25, 0.3) is 5.91 Å². The molecule has 21 heavy (non-hydrogen) atoms. The summed E-state index contributed by atoms with van der Waals surface area (Å²) in [7, 11) is 3.43. The van der Waals surface area contributed by atoms with E-state index < -0.39 is 0 Å². The van der Waals surface area contributed by atoms with Gasteiger partial charge in [0.15, 0.2) is 5.13 Å². The van der Waals surface area contributed by atoms with Crippen molar-refractivity contribution in [2.24, 2.45) is 7.05 Å². The van der Waals surface area contributed by atoms with Crippen molar-refractivity contribution in [2.75, 3.05) is 12.4 Å². The number of carbonyl (C=O) groups is 1. The number of nitrogens with one attached hydrogen (secondary N) is 1. The maximum absolute atomic E-state index is 12.3. The molecule has 7 heteroatoms. The van der Waals surface area contributed by atoms with Gasteiger partial charge in [-0.25, -0.2) is 4.98 Å². The highest BCUT2D eigenvalue weighted by Crippen LogP contribution is 2.32. The topological polar surface area (TPSA) is 56.1 Å². The molecule has 1 amide bonds. The van der Waals surface area contributed by atoms with Crippen molar-refractivity contribution in [1.29, 1.82) is 0 Å². The summed E-state index contributed by atoms with van der Waals surface area (Å²) in [5, 5.41) is 3.38. The first-order valence-electron chi connectivity index (χ1n) is 6.15. The Labute approximate surface area is 133 Å². The van der Waals surface area contributed by atoms with Gasteiger partial charge in [0.05, 0.1) is 11.8 Å². The summed E-state index contributed by atoms with van der Waals surface area (Å²) in [6.07, 6.45) is 1.83. The van der Waals surface area contributed by atoms with Crippen molar-refractivity contribution in [1.82, 2.24) is 9.55 Å². The highest BCUT2D eigenvalue weighted by Gasteiger charge is 2.14. The summed E-state index contributed by atoms with van der Waals surface area (Å²) >= 11 is 4.77. The van der Waals surface area contributed by atoms with E-state index in [1.165, 1.54) is 11.3 Å². The van der Waals surface area contributed by atoms with Crippen LogP contribution in [-0.4, -0.2) is 22.6 Å². The molecule has 2 heterocycles. The standard InChI is InChI=1S/C14H12BrN3O2S/c1-18-7-8(15)6-9(18)13(19)17-14-16-12-10(20-2)4-3-5-11(12)21-14/h3-7H,1-2H3,(H,16,17,19). The van der Waals surface area contributed by atoms with Crippen molar-refractivity contribution in [3.8, 4) is 5.75 Å². The van der Waals surface area contributed by atoms with Gasteiger partial charge in [-0.2, -0.15) is 0 Å². The number of hydrogen-bond donors (Lipinski definition) is 1. The lowest BCUT2D eigenvalue weighted by Crippen LogP contribution is -2.15. The Morgan fingerprint density at radius 3 is 2.95 bits per heavy atom. The maximum Gasteiger partial charge on any atom is 0.274 e. The van der Waals surface area contributed by atoms with Gasteiger partial charge >= 0.3 is 0 Å². The first-order valence-corrected chi connectivity index (χ1v) is 7.76. The summed E-state index contributed by atoms with van der Waals surface area (Å²) < 4.78 is 8.86. The van der Waals surface area contributed by atoms with Gasteiger partial charge in [-0.1, -0.05) is 17.4 Å². The van der Waals surface area contributed by atoms with Crippen molar-refractivity contribution in [3.63, 3.8) is 0 Å². The van der Waals surface area contributed by atoms with Gasteiger partial charge in [0.1, 0.15) is 17.0 Å². The minimum absolute atomic E-state index is 0.193. The zero-order chi connectivity index (χ0) is 15.0. The van der Waals surface area contributed by atoms with E-state index in [0.29, 0.717) is 16.6 Å². The minimum atomic E-state index is -0.193. The fourth-order valence-corrected chi connectivity index (χ4v) is 3.46. The third-order valence-corrected chi connectivity index (χ3v) is 4.40. The van der Waals surface area contributed by atoms with Crippen LogP contribution in [0.25, 0.3) is 10.2 Å². The number of aromatic nitrogens is 2. The maximum atomic E-state index is 12.3. The summed E-state index contributed by atoms with van der Waals surface area (Å²) in [5.41, 5.74) is 1.32. The Hall–Kier alpha value is -1.86. The zero-order valence-corrected chi connectivity index (χ0v) is 13.8. The van der Waals surface area contributed by atoms with E-state index in [0.717, 1.165) is 14.7 Å². The minimum Gasteiger partial charge on any atom is -0.494 e. The average Bonchev–Trinajstić information content (AvgIpc) is 3.00. The largest absolute Gasteiger partial charge is 0.494 e. The lowest BCUT2D eigenvalue weighted by Gasteiger charge is -2.02. The van der Waals surface area contributed by atoms with Crippen molar-refractivity contribution in [3.05, 3.63) is 40.6 Å². The number of nitrogens with zero attached hydrogens (tertiary/aromatic N) is 2. The zero-order valence-electron chi connectivity index (χ0n) is 11.4. The lowest BCUT2D eigenvalue weighted by molar-refractivity contribution is 0.101. The van der Waals surface area contributed by atoms with Crippen LogP contribution < -0.4 is 10.1 Å².